The normalized spacial score (nSPS) is 42.8. The second-order valence-corrected chi connectivity index (χ2v) is 10.3. The van der Waals surface area contributed by atoms with Crippen molar-refractivity contribution in [3.63, 3.8) is 0 Å². The summed E-state index contributed by atoms with van der Waals surface area (Å²) in [6.45, 7) is 4.56. The number of carbonyl (C=O) groups excluding carboxylic acids is 1. The van der Waals surface area contributed by atoms with Crippen molar-refractivity contribution in [1.29, 1.82) is 0 Å². The van der Waals surface area contributed by atoms with E-state index in [1.165, 1.54) is 11.6 Å². The van der Waals surface area contributed by atoms with Gasteiger partial charge in [-0.15, -0.1) is 0 Å². The monoisotopic (exact) mass is 394 g/mol. The van der Waals surface area contributed by atoms with Crippen LogP contribution in [0.4, 0.5) is 4.39 Å². The number of aliphatic hydroxyl groups is 1. The maximum Gasteiger partial charge on any atom is 0.165 e. The van der Waals surface area contributed by atoms with E-state index in [4.69, 9.17) is 0 Å². The first-order chi connectivity index (χ1) is 13.8. The average molecular weight is 395 g/mol. The van der Waals surface area contributed by atoms with E-state index < -0.39 is 0 Å². The fourth-order valence-corrected chi connectivity index (χ4v) is 7.22. The van der Waals surface area contributed by atoms with Crippen molar-refractivity contribution in [3.05, 3.63) is 52.9 Å². The number of fused-ring (bicyclic) bond motifs is 5. The van der Waals surface area contributed by atoms with Gasteiger partial charge in [-0.25, -0.2) is 4.39 Å². The lowest BCUT2D eigenvalue weighted by Gasteiger charge is -2.56. The molecule has 4 aliphatic rings. The molecule has 0 aromatic heterocycles. The van der Waals surface area contributed by atoms with Gasteiger partial charge in [0.1, 0.15) is 5.82 Å². The Morgan fingerprint density at radius 2 is 1.83 bits per heavy atom. The van der Waals surface area contributed by atoms with Crippen molar-refractivity contribution in [3.8, 4) is 0 Å². The number of carbonyl (C=O) groups is 1. The zero-order chi connectivity index (χ0) is 20.4. The molecule has 3 saturated carbocycles. The Labute approximate surface area is 172 Å². The summed E-state index contributed by atoms with van der Waals surface area (Å²) < 4.78 is 14.2. The largest absolute Gasteiger partial charge is 0.393 e. The lowest BCUT2D eigenvalue weighted by Crippen LogP contribution is -2.50. The van der Waals surface area contributed by atoms with Gasteiger partial charge < -0.3 is 5.11 Å². The van der Waals surface area contributed by atoms with E-state index in [0.29, 0.717) is 23.3 Å². The van der Waals surface area contributed by atoms with Crippen molar-refractivity contribution >= 4 is 11.9 Å². The molecule has 1 N–H and O–H groups in total. The molecule has 5 rings (SSSR count). The lowest BCUT2D eigenvalue weighted by atomic mass is 9.48. The molecule has 0 bridgehead atoms. The lowest BCUT2D eigenvalue weighted by molar-refractivity contribution is -0.130. The van der Waals surface area contributed by atoms with Crippen LogP contribution in [-0.4, -0.2) is 17.0 Å². The summed E-state index contributed by atoms with van der Waals surface area (Å²) in [4.78, 5) is 13.4. The number of Topliss-reactive ketones (excluding diaryl/α,β-unsaturated/α-hetero) is 1. The Kier molecular flexibility index (Phi) is 4.40. The summed E-state index contributed by atoms with van der Waals surface area (Å²) in [5, 5.41) is 10.2. The van der Waals surface area contributed by atoms with Gasteiger partial charge in [0.25, 0.3) is 0 Å². The summed E-state index contributed by atoms with van der Waals surface area (Å²) in [6, 6.07) is 6.73. The molecule has 0 aliphatic heterocycles. The van der Waals surface area contributed by atoms with Gasteiger partial charge in [-0.3, -0.25) is 4.79 Å². The van der Waals surface area contributed by atoms with Gasteiger partial charge in [-0.1, -0.05) is 43.7 Å². The van der Waals surface area contributed by atoms with Crippen LogP contribution in [0.5, 0.6) is 0 Å². The third kappa shape index (κ3) is 2.80. The fraction of sp³-hybridized carbons (Fsp3) is 0.577. The Morgan fingerprint density at radius 1 is 1.07 bits per heavy atom. The molecule has 0 amide bonds. The number of aliphatic hydroxyl groups excluding tert-OH is 1. The molecular weight excluding hydrogens is 363 g/mol. The summed E-state index contributed by atoms with van der Waals surface area (Å²) in [7, 11) is 0. The molecule has 6 atom stereocenters. The molecule has 1 aromatic rings. The van der Waals surface area contributed by atoms with Gasteiger partial charge in [0.2, 0.25) is 0 Å². The third-order valence-electron chi connectivity index (χ3n) is 8.95. The number of rotatable bonds is 1. The first-order valence-corrected chi connectivity index (χ1v) is 11.2. The van der Waals surface area contributed by atoms with E-state index in [0.717, 1.165) is 50.5 Å². The molecule has 0 saturated heterocycles. The van der Waals surface area contributed by atoms with Crippen LogP contribution in [0.15, 0.2) is 41.5 Å². The van der Waals surface area contributed by atoms with E-state index >= 15 is 0 Å². The number of ketones is 1. The van der Waals surface area contributed by atoms with Crippen LogP contribution in [0.2, 0.25) is 0 Å². The minimum atomic E-state index is -0.311. The van der Waals surface area contributed by atoms with Crippen LogP contribution in [0.25, 0.3) is 6.08 Å². The number of hydrogen-bond acceptors (Lipinski definition) is 2. The smallest absolute Gasteiger partial charge is 0.165 e. The minimum absolute atomic E-state index is 0.171. The number of hydrogen-bond donors (Lipinski definition) is 1. The van der Waals surface area contributed by atoms with Crippen molar-refractivity contribution in [2.75, 3.05) is 0 Å². The molecule has 0 unspecified atom stereocenters. The summed E-state index contributed by atoms with van der Waals surface area (Å²) in [6.07, 6.45) is 10.6. The van der Waals surface area contributed by atoms with E-state index in [2.05, 4.69) is 19.9 Å². The predicted octanol–water partition coefficient (Wildman–Crippen LogP) is 5.71. The van der Waals surface area contributed by atoms with Crippen LogP contribution >= 0.6 is 0 Å². The van der Waals surface area contributed by atoms with Gasteiger partial charge >= 0.3 is 0 Å². The number of halogens is 1. The first kappa shape index (κ1) is 19.2. The van der Waals surface area contributed by atoms with Crippen molar-refractivity contribution < 1.29 is 14.3 Å². The molecule has 0 heterocycles. The maximum absolute atomic E-state index is 14.2. The number of allylic oxidation sites excluding steroid dienone is 2. The van der Waals surface area contributed by atoms with E-state index in [-0.39, 0.29) is 28.5 Å². The van der Waals surface area contributed by atoms with Crippen molar-refractivity contribution in [2.45, 2.75) is 64.9 Å². The molecule has 3 fully saturated rings. The Bertz CT molecular complexity index is 915. The zero-order valence-corrected chi connectivity index (χ0v) is 17.5. The first-order valence-electron chi connectivity index (χ1n) is 11.2. The van der Waals surface area contributed by atoms with Gasteiger partial charge in [0.15, 0.2) is 5.78 Å². The molecule has 154 valence electrons. The molecule has 4 aliphatic carbocycles. The number of benzene rings is 1. The molecule has 29 heavy (non-hydrogen) atoms. The summed E-state index contributed by atoms with van der Waals surface area (Å²) in [5.41, 5.74) is 2.64. The van der Waals surface area contributed by atoms with Gasteiger partial charge in [-0.05, 0) is 85.8 Å². The molecular formula is C26H31FO2. The van der Waals surface area contributed by atoms with Crippen molar-refractivity contribution in [1.82, 2.24) is 0 Å². The molecule has 3 heteroatoms. The summed E-state index contributed by atoms with van der Waals surface area (Å²) in [5.74, 6) is 1.42. The second-order valence-electron chi connectivity index (χ2n) is 10.3. The maximum atomic E-state index is 14.2. The Balaban J connectivity index is 1.49. The van der Waals surface area contributed by atoms with Gasteiger partial charge in [0.05, 0.1) is 6.10 Å². The highest BCUT2D eigenvalue weighted by Crippen LogP contribution is 2.64. The fourth-order valence-electron chi connectivity index (χ4n) is 7.22. The van der Waals surface area contributed by atoms with Crippen LogP contribution in [0.1, 0.15) is 64.4 Å². The molecule has 0 spiro atoms. The second kappa shape index (κ2) is 6.63. The van der Waals surface area contributed by atoms with E-state index in [1.807, 2.05) is 6.07 Å². The van der Waals surface area contributed by atoms with Gasteiger partial charge in [-0.2, -0.15) is 0 Å². The molecule has 2 nitrogen and oxygen atoms in total. The highest BCUT2D eigenvalue weighted by Gasteiger charge is 2.59. The van der Waals surface area contributed by atoms with Crippen LogP contribution in [0.3, 0.4) is 0 Å². The standard InChI is InChI=1S/C26H31FO2/c1-25-11-9-19(28)15-18(25)7-8-20-21(25)10-12-26(2)22(20)14-17(24(26)29)13-16-5-3-4-6-23(16)27/h3-7,13,19-22,28H,8-12,14-15H2,1-2H3/b17-13-/t19-,20+,21+,22-,25+,26+/m1/s1. The average Bonchev–Trinajstić information content (AvgIpc) is 2.95. The Hall–Kier alpha value is -1.74. The minimum Gasteiger partial charge on any atom is -0.393 e. The van der Waals surface area contributed by atoms with Gasteiger partial charge in [0, 0.05) is 11.0 Å². The van der Waals surface area contributed by atoms with Crippen molar-refractivity contribution in [2.24, 2.45) is 28.6 Å². The van der Waals surface area contributed by atoms with E-state index in [9.17, 15) is 14.3 Å². The molecule has 0 radical (unpaired) electrons. The predicted molar refractivity (Wildman–Crippen MR) is 112 cm³/mol. The van der Waals surface area contributed by atoms with Crippen LogP contribution in [-0.2, 0) is 4.79 Å². The Morgan fingerprint density at radius 3 is 2.62 bits per heavy atom. The SMILES string of the molecule is C[C@]12CC[C@@H](O)CC1=CC[C@@H]1[C@H]3C/C(=C/c4ccccc4F)C(=O)[C@@]3(C)CC[C@@H]12. The van der Waals surface area contributed by atoms with Crippen LogP contribution in [0, 0.1) is 34.4 Å². The van der Waals surface area contributed by atoms with Crippen LogP contribution < -0.4 is 0 Å². The third-order valence-corrected chi connectivity index (χ3v) is 8.95. The summed E-state index contributed by atoms with van der Waals surface area (Å²) >= 11 is 0. The zero-order valence-electron chi connectivity index (χ0n) is 17.5. The van der Waals surface area contributed by atoms with E-state index in [1.54, 1.807) is 18.2 Å². The quantitative estimate of drug-likeness (QED) is 0.489. The highest BCUT2D eigenvalue weighted by atomic mass is 19.1. The topological polar surface area (TPSA) is 37.3 Å². The highest BCUT2D eigenvalue weighted by molar-refractivity contribution is 6.06. The molecule has 1 aromatic carbocycles.